The summed E-state index contributed by atoms with van der Waals surface area (Å²) < 4.78 is 0. The molecule has 1 aromatic rings. The predicted molar refractivity (Wildman–Crippen MR) is 76.9 cm³/mol. The predicted octanol–water partition coefficient (Wildman–Crippen LogP) is 1.07. The maximum atomic E-state index is 11.9. The molecule has 1 aliphatic heterocycles. The number of hydrogen-bond acceptors (Lipinski definition) is 4. The Bertz CT molecular complexity index is 530. The Morgan fingerprint density at radius 2 is 2.15 bits per heavy atom. The van der Waals surface area contributed by atoms with Crippen molar-refractivity contribution in [1.29, 1.82) is 0 Å². The third-order valence-corrected chi connectivity index (χ3v) is 3.65. The molecular weight excluding hydrogens is 258 g/mol. The van der Waals surface area contributed by atoms with Crippen LogP contribution >= 0.6 is 0 Å². The van der Waals surface area contributed by atoms with Gasteiger partial charge in [-0.25, -0.2) is 4.79 Å². The van der Waals surface area contributed by atoms with Crippen molar-refractivity contribution in [3.05, 3.63) is 23.8 Å². The van der Waals surface area contributed by atoms with Crippen molar-refractivity contribution in [1.82, 2.24) is 5.32 Å². The molecule has 1 heterocycles. The van der Waals surface area contributed by atoms with Gasteiger partial charge in [0.25, 0.3) is 0 Å². The van der Waals surface area contributed by atoms with E-state index in [9.17, 15) is 9.59 Å². The largest absolute Gasteiger partial charge is 0.478 e. The monoisotopic (exact) mass is 277 g/mol. The molecule has 0 spiro atoms. The summed E-state index contributed by atoms with van der Waals surface area (Å²) in [5, 5.41) is 11.7. The van der Waals surface area contributed by atoms with Crippen LogP contribution in [0.15, 0.2) is 18.2 Å². The van der Waals surface area contributed by atoms with E-state index < -0.39 is 5.97 Å². The van der Waals surface area contributed by atoms with Crippen LogP contribution in [0.3, 0.4) is 0 Å². The highest BCUT2D eigenvalue weighted by Gasteiger charge is 2.28. The summed E-state index contributed by atoms with van der Waals surface area (Å²) >= 11 is 0. The third kappa shape index (κ3) is 2.68. The molecule has 1 unspecified atom stereocenters. The lowest BCUT2D eigenvalue weighted by molar-refractivity contribution is -0.122. The van der Waals surface area contributed by atoms with Gasteiger partial charge < -0.3 is 21.1 Å². The van der Waals surface area contributed by atoms with E-state index in [4.69, 9.17) is 10.8 Å². The number of benzene rings is 1. The molecule has 1 aliphatic rings. The first kappa shape index (κ1) is 14.2. The Hall–Kier alpha value is -2.24. The van der Waals surface area contributed by atoms with Gasteiger partial charge in [-0.1, -0.05) is 0 Å². The number of nitrogens with two attached hydrogens (primary N) is 1. The first-order valence-electron chi connectivity index (χ1n) is 6.65. The molecule has 0 aliphatic carbocycles. The van der Waals surface area contributed by atoms with Crippen molar-refractivity contribution < 1.29 is 14.7 Å². The number of nitrogens with zero attached hydrogens (tertiary/aromatic N) is 1. The van der Waals surface area contributed by atoms with E-state index in [2.05, 4.69) is 5.32 Å². The zero-order valence-electron chi connectivity index (χ0n) is 11.4. The van der Waals surface area contributed by atoms with Crippen molar-refractivity contribution in [3.63, 3.8) is 0 Å². The molecule has 0 radical (unpaired) electrons. The van der Waals surface area contributed by atoms with Crippen LogP contribution in [-0.4, -0.2) is 36.6 Å². The summed E-state index contributed by atoms with van der Waals surface area (Å²) in [7, 11) is 1.62. The fraction of sp³-hybridized carbons (Fsp3) is 0.429. The second-order valence-electron chi connectivity index (χ2n) is 4.90. The molecule has 1 amide bonds. The molecule has 2 rings (SSSR count). The lowest BCUT2D eigenvalue weighted by Crippen LogP contribution is -2.48. The number of hydrogen-bond donors (Lipinski definition) is 3. The highest BCUT2D eigenvalue weighted by atomic mass is 16.4. The molecule has 1 fully saturated rings. The average Bonchev–Trinajstić information content (AvgIpc) is 2.46. The van der Waals surface area contributed by atoms with Crippen LogP contribution in [0, 0.1) is 0 Å². The number of amides is 1. The first-order valence-corrected chi connectivity index (χ1v) is 6.65. The van der Waals surface area contributed by atoms with Crippen molar-refractivity contribution in [2.45, 2.75) is 25.3 Å². The first-order chi connectivity index (χ1) is 9.54. The average molecular weight is 277 g/mol. The minimum atomic E-state index is -1.05. The Labute approximate surface area is 117 Å². The van der Waals surface area contributed by atoms with Gasteiger partial charge in [0, 0.05) is 25.0 Å². The maximum absolute atomic E-state index is 11.9. The normalized spacial score (nSPS) is 18.6. The minimum Gasteiger partial charge on any atom is -0.478 e. The highest BCUT2D eigenvalue weighted by Crippen LogP contribution is 2.28. The van der Waals surface area contributed by atoms with Crippen LogP contribution in [0.4, 0.5) is 11.4 Å². The van der Waals surface area contributed by atoms with Crippen molar-refractivity contribution in [2.24, 2.45) is 0 Å². The molecule has 1 atom stereocenters. The van der Waals surface area contributed by atoms with Gasteiger partial charge in [-0.2, -0.15) is 0 Å². The highest BCUT2D eigenvalue weighted by molar-refractivity contribution is 5.94. The standard InChI is InChI=1S/C14H19N3O3/c1-16-13(18)12-4-2-3-7-17(12)9-5-6-10(14(19)20)11(15)8-9/h5-6,8,12H,2-4,7,15H2,1H3,(H,16,18)(H,19,20). The quantitative estimate of drug-likeness (QED) is 0.718. The second-order valence-corrected chi connectivity index (χ2v) is 4.90. The lowest BCUT2D eigenvalue weighted by atomic mass is 10.00. The Morgan fingerprint density at radius 3 is 2.75 bits per heavy atom. The van der Waals surface area contributed by atoms with E-state index in [1.807, 2.05) is 4.90 Å². The molecule has 108 valence electrons. The molecule has 0 bridgehead atoms. The van der Waals surface area contributed by atoms with E-state index in [1.54, 1.807) is 19.2 Å². The molecule has 4 N–H and O–H groups in total. The number of anilines is 2. The fourth-order valence-electron chi connectivity index (χ4n) is 2.60. The van der Waals surface area contributed by atoms with Crippen LogP contribution in [0.25, 0.3) is 0 Å². The van der Waals surface area contributed by atoms with E-state index in [-0.39, 0.29) is 23.2 Å². The van der Waals surface area contributed by atoms with E-state index >= 15 is 0 Å². The zero-order valence-corrected chi connectivity index (χ0v) is 11.4. The second kappa shape index (κ2) is 5.81. The number of carboxylic acids is 1. The van der Waals surface area contributed by atoms with E-state index in [0.29, 0.717) is 0 Å². The van der Waals surface area contributed by atoms with Gasteiger partial charge in [-0.15, -0.1) is 0 Å². The number of likely N-dealkylation sites (N-methyl/N-ethyl adjacent to an activating group) is 1. The number of carbonyl (C=O) groups excluding carboxylic acids is 1. The van der Waals surface area contributed by atoms with E-state index in [0.717, 1.165) is 31.5 Å². The molecule has 1 saturated heterocycles. The minimum absolute atomic E-state index is 0.0226. The van der Waals surface area contributed by atoms with Crippen LogP contribution < -0.4 is 16.0 Å². The Morgan fingerprint density at radius 1 is 1.40 bits per heavy atom. The summed E-state index contributed by atoms with van der Waals surface area (Å²) in [4.78, 5) is 24.9. The van der Waals surface area contributed by atoms with Gasteiger partial charge in [0.15, 0.2) is 0 Å². The number of aromatic carboxylic acids is 1. The number of carbonyl (C=O) groups is 2. The summed E-state index contributed by atoms with van der Waals surface area (Å²) in [6.07, 6.45) is 2.81. The topological polar surface area (TPSA) is 95.7 Å². The molecule has 6 heteroatoms. The summed E-state index contributed by atoms with van der Waals surface area (Å²) in [5.41, 5.74) is 6.87. The number of piperidine rings is 1. The van der Waals surface area contributed by atoms with Crippen LogP contribution in [0.2, 0.25) is 0 Å². The van der Waals surface area contributed by atoms with Crippen molar-refractivity contribution >= 4 is 23.3 Å². The number of nitrogen functional groups attached to an aromatic ring is 1. The molecule has 0 aromatic heterocycles. The SMILES string of the molecule is CNC(=O)C1CCCCN1c1ccc(C(=O)O)c(N)c1. The molecular formula is C14H19N3O3. The molecule has 6 nitrogen and oxygen atoms in total. The van der Waals surface area contributed by atoms with Crippen LogP contribution in [0.5, 0.6) is 0 Å². The Balaban J connectivity index is 2.31. The Kier molecular flexibility index (Phi) is 4.12. The molecule has 0 saturated carbocycles. The molecule has 20 heavy (non-hydrogen) atoms. The summed E-state index contributed by atoms with van der Waals surface area (Å²) in [6, 6.07) is 4.61. The smallest absolute Gasteiger partial charge is 0.337 e. The summed E-state index contributed by atoms with van der Waals surface area (Å²) in [6.45, 7) is 0.768. The van der Waals surface area contributed by atoms with Crippen LogP contribution in [-0.2, 0) is 4.79 Å². The lowest BCUT2D eigenvalue weighted by Gasteiger charge is -2.36. The zero-order chi connectivity index (χ0) is 14.7. The van der Waals surface area contributed by atoms with Gasteiger partial charge in [-0.05, 0) is 37.5 Å². The summed E-state index contributed by atoms with van der Waals surface area (Å²) in [5.74, 6) is -1.07. The van der Waals surface area contributed by atoms with Gasteiger partial charge in [0.1, 0.15) is 6.04 Å². The van der Waals surface area contributed by atoms with Crippen molar-refractivity contribution in [3.8, 4) is 0 Å². The van der Waals surface area contributed by atoms with Gasteiger partial charge >= 0.3 is 5.97 Å². The van der Waals surface area contributed by atoms with Gasteiger partial charge in [0.2, 0.25) is 5.91 Å². The maximum Gasteiger partial charge on any atom is 0.337 e. The van der Waals surface area contributed by atoms with Gasteiger partial charge in [0.05, 0.1) is 5.56 Å². The third-order valence-electron chi connectivity index (χ3n) is 3.65. The number of carboxylic acid groups (broad SMARTS) is 1. The van der Waals surface area contributed by atoms with Gasteiger partial charge in [-0.3, -0.25) is 4.79 Å². The van der Waals surface area contributed by atoms with Crippen molar-refractivity contribution in [2.75, 3.05) is 24.2 Å². The number of nitrogens with one attached hydrogen (secondary N) is 1. The molecule has 1 aromatic carbocycles. The number of rotatable bonds is 3. The van der Waals surface area contributed by atoms with E-state index in [1.165, 1.54) is 6.07 Å². The fourth-order valence-corrected chi connectivity index (χ4v) is 2.60. The van der Waals surface area contributed by atoms with Crippen LogP contribution in [0.1, 0.15) is 29.6 Å².